The second-order valence-corrected chi connectivity index (χ2v) is 7.60. The average molecular weight is 460 g/mol. The summed E-state index contributed by atoms with van der Waals surface area (Å²) in [5.41, 5.74) is 1.09. The highest BCUT2D eigenvalue weighted by Gasteiger charge is 2.16. The van der Waals surface area contributed by atoms with Gasteiger partial charge in [0.15, 0.2) is 18.1 Å². The van der Waals surface area contributed by atoms with Crippen LogP contribution in [0.1, 0.15) is 25.6 Å². The molecule has 1 heterocycles. The van der Waals surface area contributed by atoms with Crippen molar-refractivity contribution in [3.8, 4) is 11.5 Å². The molecule has 0 saturated carbocycles. The minimum absolute atomic E-state index is 0.174. The summed E-state index contributed by atoms with van der Waals surface area (Å²) in [7, 11) is 1.45. The summed E-state index contributed by atoms with van der Waals surface area (Å²) in [5.74, 6) is -1.23. The molecule has 0 saturated heterocycles. The Balaban J connectivity index is 1.55. The average Bonchev–Trinajstić information content (AvgIpc) is 3.32. The molecule has 0 atom stereocenters. The number of amides is 2. The van der Waals surface area contributed by atoms with Gasteiger partial charge in [0.25, 0.3) is 11.8 Å². The zero-order valence-electron chi connectivity index (χ0n) is 16.4. The molecule has 160 valence electrons. The Kier molecular flexibility index (Phi) is 7.64. The number of nitrogens with one attached hydrogen (secondary N) is 1. The maximum absolute atomic E-state index is 12.3. The third-order valence-electron chi connectivity index (χ3n) is 4.04. The van der Waals surface area contributed by atoms with Crippen LogP contribution in [0, 0.1) is 0 Å². The van der Waals surface area contributed by atoms with Gasteiger partial charge in [0.1, 0.15) is 6.61 Å². The maximum Gasteiger partial charge on any atom is 0.338 e. The molecule has 1 aromatic heterocycles. The molecule has 0 aliphatic heterocycles. The number of thiophene rings is 1. The zero-order valence-corrected chi connectivity index (χ0v) is 18.0. The van der Waals surface area contributed by atoms with Gasteiger partial charge in [-0.25, -0.2) is 4.79 Å². The standard InChI is InChI=1S/C22H18ClNO6S/c1-28-18-11-15(6-9-17(18)29-12-14-4-7-16(23)8-5-14)22(27)30-13-20(25)24-21(26)19-3-2-10-31-19/h2-11H,12-13H2,1H3,(H,24,25,26). The molecular weight excluding hydrogens is 442 g/mol. The lowest BCUT2D eigenvalue weighted by Gasteiger charge is -2.12. The largest absolute Gasteiger partial charge is 0.493 e. The fourth-order valence-corrected chi connectivity index (χ4v) is 3.25. The highest BCUT2D eigenvalue weighted by molar-refractivity contribution is 7.12. The highest BCUT2D eigenvalue weighted by atomic mass is 35.5. The van der Waals surface area contributed by atoms with Crippen LogP contribution in [-0.4, -0.2) is 31.5 Å². The summed E-state index contributed by atoms with van der Waals surface area (Å²) < 4.78 is 16.0. The normalized spacial score (nSPS) is 10.3. The molecule has 3 rings (SSSR count). The van der Waals surface area contributed by atoms with Crippen molar-refractivity contribution < 1.29 is 28.6 Å². The van der Waals surface area contributed by atoms with Gasteiger partial charge in [0.2, 0.25) is 0 Å². The molecular formula is C22H18ClNO6S. The maximum atomic E-state index is 12.3. The SMILES string of the molecule is COc1cc(C(=O)OCC(=O)NC(=O)c2cccs2)ccc1OCc1ccc(Cl)cc1. The Morgan fingerprint density at radius 1 is 1.03 bits per heavy atom. The highest BCUT2D eigenvalue weighted by Crippen LogP contribution is 2.29. The van der Waals surface area contributed by atoms with Crippen molar-refractivity contribution in [2.24, 2.45) is 0 Å². The molecule has 2 amide bonds. The second-order valence-electron chi connectivity index (χ2n) is 6.21. The monoisotopic (exact) mass is 459 g/mol. The molecule has 0 aliphatic rings. The van der Waals surface area contributed by atoms with Crippen LogP contribution in [0.2, 0.25) is 5.02 Å². The van der Waals surface area contributed by atoms with Crippen LogP contribution in [0.25, 0.3) is 0 Å². The van der Waals surface area contributed by atoms with Gasteiger partial charge in [-0.05, 0) is 47.3 Å². The molecule has 1 N–H and O–H groups in total. The lowest BCUT2D eigenvalue weighted by atomic mass is 10.2. The smallest absolute Gasteiger partial charge is 0.338 e. The first kappa shape index (κ1) is 22.3. The van der Waals surface area contributed by atoms with E-state index in [2.05, 4.69) is 5.32 Å². The Morgan fingerprint density at radius 3 is 2.48 bits per heavy atom. The lowest BCUT2D eigenvalue weighted by Crippen LogP contribution is -2.33. The fraction of sp³-hybridized carbons (Fsp3) is 0.136. The number of carbonyl (C=O) groups is 3. The Labute approximate surface area is 187 Å². The first-order valence-corrected chi connectivity index (χ1v) is 10.3. The number of methoxy groups -OCH3 is 1. The van der Waals surface area contributed by atoms with E-state index < -0.39 is 24.4 Å². The van der Waals surface area contributed by atoms with E-state index in [1.807, 2.05) is 12.1 Å². The van der Waals surface area contributed by atoms with E-state index in [4.69, 9.17) is 25.8 Å². The van der Waals surface area contributed by atoms with E-state index in [0.29, 0.717) is 21.4 Å². The third-order valence-corrected chi connectivity index (χ3v) is 5.16. The molecule has 7 nitrogen and oxygen atoms in total. The molecule has 3 aromatic rings. The van der Waals surface area contributed by atoms with Crippen molar-refractivity contribution in [2.75, 3.05) is 13.7 Å². The Hall–Kier alpha value is -3.36. The summed E-state index contributed by atoms with van der Waals surface area (Å²) in [6.45, 7) is -0.303. The molecule has 2 aromatic carbocycles. The molecule has 0 unspecified atom stereocenters. The van der Waals surface area contributed by atoms with Crippen molar-refractivity contribution in [1.29, 1.82) is 0 Å². The number of ether oxygens (including phenoxy) is 3. The van der Waals surface area contributed by atoms with Crippen molar-refractivity contribution in [2.45, 2.75) is 6.61 Å². The van der Waals surface area contributed by atoms with Gasteiger partial charge >= 0.3 is 5.97 Å². The number of hydrogen-bond donors (Lipinski definition) is 1. The van der Waals surface area contributed by atoms with Gasteiger partial charge in [0, 0.05) is 5.02 Å². The lowest BCUT2D eigenvalue weighted by molar-refractivity contribution is -0.123. The van der Waals surface area contributed by atoms with Crippen molar-refractivity contribution in [1.82, 2.24) is 5.32 Å². The van der Waals surface area contributed by atoms with Crippen LogP contribution in [-0.2, 0) is 16.1 Å². The van der Waals surface area contributed by atoms with Crippen LogP contribution in [0.3, 0.4) is 0 Å². The summed E-state index contributed by atoms with van der Waals surface area (Å²) in [4.78, 5) is 36.3. The molecule has 9 heteroatoms. The van der Waals surface area contributed by atoms with Gasteiger partial charge in [-0.2, -0.15) is 0 Å². The minimum atomic E-state index is -0.735. The van der Waals surface area contributed by atoms with Crippen LogP contribution in [0.5, 0.6) is 11.5 Å². The molecule has 0 fully saturated rings. The van der Waals surface area contributed by atoms with E-state index in [9.17, 15) is 14.4 Å². The number of esters is 1. The molecule has 0 bridgehead atoms. The topological polar surface area (TPSA) is 90.9 Å². The quantitative estimate of drug-likeness (QED) is 0.510. The Morgan fingerprint density at radius 2 is 1.81 bits per heavy atom. The summed E-state index contributed by atoms with van der Waals surface area (Å²) in [5, 5.41) is 4.51. The number of carbonyl (C=O) groups excluding carboxylic acids is 3. The van der Waals surface area contributed by atoms with E-state index >= 15 is 0 Å². The summed E-state index contributed by atoms with van der Waals surface area (Å²) in [6, 6.07) is 15.0. The predicted octanol–water partition coefficient (Wildman–Crippen LogP) is 4.10. The zero-order chi connectivity index (χ0) is 22.2. The van der Waals surface area contributed by atoms with Crippen LogP contribution >= 0.6 is 22.9 Å². The number of rotatable bonds is 8. The Bertz CT molecular complexity index is 1070. The van der Waals surface area contributed by atoms with Gasteiger partial charge in [-0.3, -0.25) is 14.9 Å². The van der Waals surface area contributed by atoms with E-state index in [1.165, 1.54) is 30.6 Å². The minimum Gasteiger partial charge on any atom is -0.493 e. The first-order valence-electron chi connectivity index (χ1n) is 9.06. The van der Waals surface area contributed by atoms with Crippen molar-refractivity contribution in [3.63, 3.8) is 0 Å². The molecule has 0 spiro atoms. The molecule has 0 radical (unpaired) electrons. The van der Waals surface area contributed by atoms with Gasteiger partial charge in [0.05, 0.1) is 17.6 Å². The summed E-state index contributed by atoms with van der Waals surface area (Å²) in [6.07, 6.45) is 0. The van der Waals surface area contributed by atoms with Gasteiger partial charge < -0.3 is 14.2 Å². The number of benzene rings is 2. The molecule has 31 heavy (non-hydrogen) atoms. The van der Waals surface area contributed by atoms with E-state index in [0.717, 1.165) is 5.56 Å². The van der Waals surface area contributed by atoms with Crippen molar-refractivity contribution >= 4 is 40.7 Å². The van der Waals surface area contributed by atoms with Gasteiger partial charge in [-0.1, -0.05) is 29.8 Å². The second kappa shape index (κ2) is 10.6. The third kappa shape index (κ3) is 6.31. The summed E-state index contributed by atoms with van der Waals surface area (Å²) >= 11 is 7.07. The van der Waals surface area contributed by atoms with Crippen molar-refractivity contribution in [3.05, 3.63) is 81.0 Å². The van der Waals surface area contributed by atoms with Gasteiger partial charge in [-0.15, -0.1) is 11.3 Å². The van der Waals surface area contributed by atoms with E-state index in [1.54, 1.807) is 35.7 Å². The predicted molar refractivity (Wildman–Crippen MR) is 116 cm³/mol. The fourth-order valence-electron chi connectivity index (χ4n) is 2.50. The number of imide groups is 1. The van der Waals surface area contributed by atoms with Crippen LogP contribution in [0.15, 0.2) is 60.0 Å². The number of halogens is 1. The van der Waals surface area contributed by atoms with Crippen LogP contribution < -0.4 is 14.8 Å². The first-order chi connectivity index (χ1) is 15.0. The van der Waals surface area contributed by atoms with E-state index in [-0.39, 0.29) is 12.2 Å². The molecule has 0 aliphatic carbocycles. The number of hydrogen-bond acceptors (Lipinski definition) is 7. The van der Waals surface area contributed by atoms with Crippen LogP contribution in [0.4, 0.5) is 0 Å².